The Morgan fingerprint density at radius 2 is 1.45 bits per heavy atom. The monoisotopic (exact) mass is 354 g/mol. The summed E-state index contributed by atoms with van der Waals surface area (Å²) < 4.78 is 76.1. The second-order valence-electron chi connectivity index (χ2n) is 3.99. The highest BCUT2D eigenvalue weighted by atomic mass is 32.2. The molecule has 0 fully saturated rings. The zero-order valence-corrected chi connectivity index (χ0v) is 12.6. The van der Waals surface area contributed by atoms with Gasteiger partial charge in [0, 0.05) is 5.56 Å². The molecule has 0 amide bonds. The number of benzene rings is 2. The number of hydrogen-bond acceptors (Lipinski definition) is 3. The SMILES string of the molecule is O=S(=O)(Oc1ccccc1-c1ccc(F)cc1)C(F)(F)F.S. The molecule has 0 spiro atoms. The number of para-hydroxylation sites is 1. The Morgan fingerprint density at radius 3 is 2.00 bits per heavy atom. The Morgan fingerprint density at radius 1 is 0.909 bits per heavy atom. The van der Waals surface area contributed by atoms with E-state index in [1.807, 2.05) is 0 Å². The molecular weight excluding hydrogens is 344 g/mol. The molecule has 120 valence electrons. The van der Waals surface area contributed by atoms with Crippen LogP contribution in [0.3, 0.4) is 0 Å². The van der Waals surface area contributed by atoms with E-state index in [2.05, 4.69) is 4.18 Å². The zero-order chi connectivity index (χ0) is 15.7. The van der Waals surface area contributed by atoms with E-state index in [1.54, 1.807) is 0 Å². The quantitative estimate of drug-likeness (QED) is 0.478. The van der Waals surface area contributed by atoms with Gasteiger partial charge in [-0.3, -0.25) is 0 Å². The molecule has 0 unspecified atom stereocenters. The van der Waals surface area contributed by atoms with Crippen molar-refractivity contribution in [2.45, 2.75) is 5.51 Å². The van der Waals surface area contributed by atoms with Crippen LogP contribution in [-0.2, 0) is 10.1 Å². The molecule has 0 radical (unpaired) electrons. The number of alkyl halides is 3. The molecule has 0 heterocycles. The summed E-state index contributed by atoms with van der Waals surface area (Å²) in [5, 5.41) is 0. The molecule has 2 aromatic carbocycles. The number of halogens is 4. The van der Waals surface area contributed by atoms with Crippen molar-refractivity contribution < 1.29 is 30.2 Å². The van der Waals surface area contributed by atoms with E-state index in [9.17, 15) is 26.0 Å². The minimum absolute atomic E-state index is 0. The lowest BCUT2D eigenvalue weighted by Gasteiger charge is -2.13. The van der Waals surface area contributed by atoms with E-state index < -0.39 is 27.2 Å². The van der Waals surface area contributed by atoms with Crippen LogP contribution in [-0.4, -0.2) is 13.9 Å². The molecule has 0 atom stereocenters. The first kappa shape index (κ1) is 18.3. The standard InChI is InChI=1S/C13H8F4O3S.H2S/c14-10-7-5-9(6-8-10)11-3-1-2-4-12(11)20-21(18,19)13(15,16)17;/h1-8H;1H2. The molecule has 0 saturated carbocycles. The minimum Gasteiger partial charge on any atom is -0.375 e. The Labute approximate surface area is 131 Å². The van der Waals surface area contributed by atoms with Crippen molar-refractivity contribution >= 4 is 23.6 Å². The van der Waals surface area contributed by atoms with Gasteiger partial charge in [0.15, 0.2) is 5.75 Å². The zero-order valence-electron chi connectivity index (χ0n) is 10.8. The maximum absolute atomic E-state index is 12.9. The fourth-order valence-corrected chi connectivity index (χ4v) is 2.05. The second-order valence-corrected chi connectivity index (χ2v) is 5.52. The molecule has 0 aliphatic rings. The van der Waals surface area contributed by atoms with Gasteiger partial charge < -0.3 is 4.18 Å². The summed E-state index contributed by atoms with van der Waals surface area (Å²) in [5.41, 5.74) is -5.10. The van der Waals surface area contributed by atoms with Crippen molar-refractivity contribution in [2.75, 3.05) is 0 Å². The van der Waals surface area contributed by atoms with Gasteiger partial charge in [0.25, 0.3) is 0 Å². The van der Waals surface area contributed by atoms with E-state index >= 15 is 0 Å². The number of hydrogen-bond donors (Lipinski definition) is 0. The molecular formula is C13H10F4O3S2. The summed E-state index contributed by atoms with van der Waals surface area (Å²) in [5.74, 6) is -1.01. The van der Waals surface area contributed by atoms with E-state index in [0.717, 1.165) is 18.2 Å². The molecule has 0 aromatic heterocycles. The van der Waals surface area contributed by atoms with Crippen molar-refractivity contribution in [1.29, 1.82) is 0 Å². The third-order valence-electron chi connectivity index (χ3n) is 2.53. The molecule has 0 aliphatic heterocycles. The minimum atomic E-state index is -5.76. The molecule has 0 aliphatic carbocycles. The predicted octanol–water partition coefficient (Wildman–Crippen LogP) is 3.83. The van der Waals surface area contributed by atoms with Crippen LogP contribution in [0.4, 0.5) is 17.6 Å². The van der Waals surface area contributed by atoms with Crippen LogP contribution in [0, 0.1) is 5.82 Å². The highest BCUT2D eigenvalue weighted by molar-refractivity contribution is 7.88. The maximum atomic E-state index is 12.9. The van der Waals surface area contributed by atoms with Crippen LogP contribution < -0.4 is 4.18 Å². The topological polar surface area (TPSA) is 43.4 Å². The Kier molecular flexibility index (Phi) is 5.47. The Bertz CT molecular complexity index is 741. The average molecular weight is 354 g/mol. The summed E-state index contributed by atoms with van der Waals surface area (Å²) in [7, 11) is -5.76. The number of rotatable bonds is 3. The van der Waals surface area contributed by atoms with Crippen molar-refractivity contribution in [1.82, 2.24) is 0 Å². The fourth-order valence-electron chi connectivity index (χ4n) is 1.57. The molecule has 9 heteroatoms. The van der Waals surface area contributed by atoms with Gasteiger partial charge in [-0.1, -0.05) is 30.3 Å². The molecule has 0 N–H and O–H groups in total. The third kappa shape index (κ3) is 3.92. The van der Waals surface area contributed by atoms with Crippen molar-refractivity contribution in [3.8, 4) is 16.9 Å². The first-order valence-electron chi connectivity index (χ1n) is 5.56. The van der Waals surface area contributed by atoms with Crippen molar-refractivity contribution in [3.05, 3.63) is 54.3 Å². The van der Waals surface area contributed by atoms with Gasteiger partial charge in [0.1, 0.15) is 5.82 Å². The van der Waals surface area contributed by atoms with Crippen LogP contribution in [0.25, 0.3) is 11.1 Å². The Hall–Kier alpha value is -1.74. The Balaban J connectivity index is 0.00000242. The lowest BCUT2D eigenvalue weighted by Crippen LogP contribution is -2.28. The van der Waals surface area contributed by atoms with Crippen molar-refractivity contribution in [2.24, 2.45) is 0 Å². The lowest BCUT2D eigenvalue weighted by atomic mass is 10.1. The largest absolute Gasteiger partial charge is 0.534 e. The predicted molar refractivity (Wildman–Crippen MR) is 77.8 cm³/mol. The molecule has 3 nitrogen and oxygen atoms in total. The van der Waals surface area contributed by atoms with Gasteiger partial charge in [-0.15, -0.1) is 0 Å². The van der Waals surface area contributed by atoms with E-state index in [0.29, 0.717) is 5.56 Å². The molecule has 0 bridgehead atoms. The van der Waals surface area contributed by atoms with Gasteiger partial charge >= 0.3 is 15.6 Å². The first-order valence-corrected chi connectivity index (χ1v) is 6.97. The third-order valence-corrected chi connectivity index (χ3v) is 3.49. The first-order chi connectivity index (χ1) is 9.71. The highest BCUT2D eigenvalue weighted by Crippen LogP contribution is 2.34. The van der Waals surface area contributed by atoms with Crippen LogP contribution in [0.15, 0.2) is 48.5 Å². The smallest absolute Gasteiger partial charge is 0.375 e. The normalized spacial score (nSPS) is 11.6. The van der Waals surface area contributed by atoms with E-state index in [4.69, 9.17) is 0 Å². The molecule has 0 saturated heterocycles. The van der Waals surface area contributed by atoms with Crippen LogP contribution in [0.5, 0.6) is 5.75 Å². The van der Waals surface area contributed by atoms with Gasteiger partial charge in [0.05, 0.1) is 0 Å². The van der Waals surface area contributed by atoms with Gasteiger partial charge in [-0.2, -0.15) is 35.1 Å². The summed E-state index contributed by atoms with van der Waals surface area (Å²) in [6, 6.07) is 10.1. The van der Waals surface area contributed by atoms with Crippen LogP contribution >= 0.6 is 13.5 Å². The molecule has 22 heavy (non-hydrogen) atoms. The van der Waals surface area contributed by atoms with Gasteiger partial charge in [-0.05, 0) is 23.8 Å². The summed E-state index contributed by atoms with van der Waals surface area (Å²) in [4.78, 5) is 0. The van der Waals surface area contributed by atoms with E-state index in [-0.39, 0.29) is 19.1 Å². The van der Waals surface area contributed by atoms with Crippen molar-refractivity contribution in [3.63, 3.8) is 0 Å². The molecule has 2 aromatic rings. The van der Waals surface area contributed by atoms with Gasteiger partial charge in [-0.25, -0.2) is 4.39 Å². The van der Waals surface area contributed by atoms with Crippen LogP contribution in [0.1, 0.15) is 0 Å². The fraction of sp³-hybridized carbons (Fsp3) is 0.0769. The lowest BCUT2D eigenvalue weighted by molar-refractivity contribution is -0.0499. The molecule has 2 rings (SSSR count). The second kappa shape index (κ2) is 6.57. The average Bonchev–Trinajstić information content (AvgIpc) is 2.39. The summed E-state index contributed by atoms with van der Waals surface area (Å²) >= 11 is 0. The van der Waals surface area contributed by atoms with Gasteiger partial charge in [0.2, 0.25) is 0 Å². The highest BCUT2D eigenvalue weighted by Gasteiger charge is 2.48. The summed E-state index contributed by atoms with van der Waals surface area (Å²) in [6.07, 6.45) is 0. The maximum Gasteiger partial charge on any atom is 0.534 e. The van der Waals surface area contributed by atoms with Crippen LogP contribution in [0.2, 0.25) is 0 Å². The van der Waals surface area contributed by atoms with E-state index in [1.165, 1.54) is 30.3 Å². The summed E-state index contributed by atoms with van der Waals surface area (Å²) in [6.45, 7) is 0.